The van der Waals surface area contributed by atoms with Gasteiger partial charge in [-0.25, -0.2) is 4.79 Å². The second-order valence-corrected chi connectivity index (χ2v) is 2.13. The molecule has 60 valence electrons. The van der Waals surface area contributed by atoms with E-state index < -0.39 is 5.97 Å². The highest BCUT2D eigenvalue weighted by atomic mass is 16.4. The molecule has 0 atom stereocenters. The van der Waals surface area contributed by atoms with E-state index >= 15 is 0 Å². The van der Waals surface area contributed by atoms with Gasteiger partial charge in [0, 0.05) is 12.7 Å². The van der Waals surface area contributed by atoms with Crippen LogP contribution in [0.25, 0.3) is 0 Å². The minimum Gasteiger partial charge on any atom is -0.477 e. The summed E-state index contributed by atoms with van der Waals surface area (Å²) in [5.41, 5.74) is 0.759. The maximum Gasteiger partial charge on any atom is 0.341 e. The van der Waals surface area contributed by atoms with E-state index in [1.54, 1.807) is 14.0 Å². The molecule has 0 aliphatic heterocycles. The predicted molar refractivity (Wildman–Crippen MR) is 39.8 cm³/mol. The highest BCUT2D eigenvalue weighted by molar-refractivity contribution is 5.94. The monoisotopic (exact) mass is 155 g/mol. The van der Waals surface area contributed by atoms with Gasteiger partial charge in [0.25, 0.3) is 0 Å². The summed E-state index contributed by atoms with van der Waals surface area (Å²) in [5.74, 6) is -0.601. The van der Waals surface area contributed by atoms with Crippen LogP contribution in [0.3, 0.4) is 0 Å². The number of aromatic amines is 1. The van der Waals surface area contributed by atoms with Crippen molar-refractivity contribution in [2.75, 3.05) is 12.4 Å². The van der Waals surface area contributed by atoms with Crippen LogP contribution in [0.5, 0.6) is 0 Å². The number of rotatable bonds is 2. The van der Waals surface area contributed by atoms with Gasteiger partial charge in [0.1, 0.15) is 5.56 Å². The molecule has 0 fully saturated rings. The molecule has 0 saturated carbocycles. The third-order valence-electron chi connectivity index (χ3n) is 1.40. The molecule has 0 radical (unpaired) electrons. The van der Waals surface area contributed by atoms with Gasteiger partial charge in [-0.2, -0.15) is 5.10 Å². The summed E-state index contributed by atoms with van der Waals surface area (Å²) in [6.45, 7) is 1.66. The molecule has 0 aromatic carbocycles. The van der Waals surface area contributed by atoms with E-state index in [4.69, 9.17) is 5.11 Å². The van der Waals surface area contributed by atoms with Gasteiger partial charge in [0.05, 0.1) is 0 Å². The van der Waals surface area contributed by atoms with Crippen molar-refractivity contribution in [1.29, 1.82) is 0 Å². The van der Waals surface area contributed by atoms with Gasteiger partial charge in [-0.3, -0.25) is 5.10 Å². The molecule has 0 bridgehead atoms. The normalized spacial score (nSPS) is 9.64. The first-order valence-electron chi connectivity index (χ1n) is 3.12. The van der Waals surface area contributed by atoms with Crippen molar-refractivity contribution in [2.45, 2.75) is 6.92 Å². The molecule has 1 aromatic rings. The second kappa shape index (κ2) is 2.61. The summed E-state index contributed by atoms with van der Waals surface area (Å²) in [4.78, 5) is 10.6. The van der Waals surface area contributed by atoms with Crippen LogP contribution in [0.4, 0.5) is 5.82 Å². The second-order valence-electron chi connectivity index (χ2n) is 2.13. The zero-order valence-corrected chi connectivity index (χ0v) is 6.30. The van der Waals surface area contributed by atoms with Crippen LogP contribution < -0.4 is 5.32 Å². The average molecular weight is 155 g/mol. The lowest BCUT2D eigenvalue weighted by Crippen LogP contribution is -2.01. The Morgan fingerprint density at radius 2 is 2.36 bits per heavy atom. The molecule has 5 heteroatoms. The predicted octanol–water partition coefficient (Wildman–Crippen LogP) is 0.458. The zero-order valence-electron chi connectivity index (χ0n) is 6.30. The molecule has 0 saturated heterocycles. The Morgan fingerprint density at radius 3 is 2.73 bits per heavy atom. The average Bonchev–Trinajstić information content (AvgIpc) is 2.30. The van der Waals surface area contributed by atoms with E-state index in [1.165, 1.54) is 0 Å². The van der Waals surface area contributed by atoms with E-state index in [0.717, 1.165) is 0 Å². The third kappa shape index (κ3) is 1.17. The Kier molecular flexibility index (Phi) is 1.80. The minimum atomic E-state index is -0.972. The highest BCUT2D eigenvalue weighted by Gasteiger charge is 2.15. The van der Waals surface area contributed by atoms with Crippen LogP contribution in [-0.4, -0.2) is 28.3 Å². The van der Waals surface area contributed by atoms with Crippen LogP contribution in [0.1, 0.15) is 16.1 Å². The van der Waals surface area contributed by atoms with Gasteiger partial charge >= 0.3 is 5.97 Å². The van der Waals surface area contributed by atoms with Crippen molar-refractivity contribution >= 4 is 11.8 Å². The summed E-state index contributed by atoms with van der Waals surface area (Å²) >= 11 is 0. The van der Waals surface area contributed by atoms with Gasteiger partial charge in [-0.1, -0.05) is 0 Å². The molecule has 0 aliphatic rings. The van der Waals surface area contributed by atoms with Crippen molar-refractivity contribution in [3.63, 3.8) is 0 Å². The van der Waals surface area contributed by atoms with E-state index in [0.29, 0.717) is 11.5 Å². The summed E-state index contributed by atoms with van der Waals surface area (Å²) in [7, 11) is 1.63. The number of anilines is 1. The first-order valence-corrected chi connectivity index (χ1v) is 3.12. The van der Waals surface area contributed by atoms with Crippen LogP contribution in [-0.2, 0) is 0 Å². The number of aromatic nitrogens is 2. The number of carbonyl (C=O) groups is 1. The Bertz CT molecular complexity index is 279. The van der Waals surface area contributed by atoms with Crippen LogP contribution in [0.15, 0.2) is 0 Å². The molecule has 3 N–H and O–H groups in total. The summed E-state index contributed by atoms with van der Waals surface area (Å²) in [5, 5.41) is 17.7. The smallest absolute Gasteiger partial charge is 0.341 e. The van der Waals surface area contributed by atoms with E-state index in [2.05, 4.69) is 15.5 Å². The lowest BCUT2D eigenvalue weighted by molar-refractivity contribution is 0.0697. The number of H-pyrrole nitrogens is 1. The Hall–Kier alpha value is -1.52. The quantitative estimate of drug-likeness (QED) is 0.579. The number of aromatic carboxylic acids is 1. The summed E-state index contributed by atoms with van der Waals surface area (Å²) in [6.07, 6.45) is 0. The zero-order chi connectivity index (χ0) is 8.43. The van der Waals surface area contributed by atoms with E-state index in [1.807, 2.05) is 0 Å². The molecule has 0 unspecified atom stereocenters. The Balaban J connectivity index is 3.17. The minimum absolute atomic E-state index is 0.201. The van der Waals surface area contributed by atoms with E-state index in [-0.39, 0.29) is 5.56 Å². The molecule has 0 aliphatic carbocycles. The lowest BCUT2D eigenvalue weighted by Gasteiger charge is -1.94. The fourth-order valence-corrected chi connectivity index (χ4v) is 0.872. The van der Waals surface area contributed by atoms with Gasteiger partial charge in [-0.05, 0) is 6.92 Å². The van der Waals surface area contributed by atoms with Crippen molar-refractivity contribution in [3.05, 3.63) is 11.3 Å². The third-order valence-corrected chi connectivity index (χ3v) is 1.40. The van der Waals surface area contributed by atoms with Crippen molar-refractivity contribution in [1.82, 2.24) is 10.2 Å². The van der Waals surface area contributed by atoms with Gasteiger partial charge in [0.15, 0.2) is 5.82 Å². The van der Waals surface area contributed by atoms with Gasteiger partial charge in [0.2, 0.25) is 0 Å². The topological polar surface area (TPSA) is 78.0 Å². The van der Waals surface area contributed by atoms with Gasteiger partial charge in [-0.15, -0.1) is 0 Å². The van der Waals surface area contributed by atoms with Crippen LogP contribution >= 0.6 is 0 Å². The molecular formula is C6H9N3O2. The number of nitrogens with one attached hydrogen (secondary N) is 2. The maximum atomic E-state index is 10.6. The number of hydrogen-bond donors (Lipinski definition) is 3. The Morgan fingerprint density at radius 1 is 1.73 bits per heavy atom. The van der Waals surface area contributed by atoms with Crippen molar-refractivity contribution in [3.8, 4) is 0 Å². The van der Waals surface area contributed by atoms with E-state index in [9.17, 15) is 4.79 Å². The SMILES string of the molecule is CNc1n[nH]c(C)c1C(=O)O. The van der Waals surface area contributed by atoms with Crippen molar-refractivity contribution < 1.29 is 9.90 Å². The van der Waals surface area contributed by atoms with Crippen LogP contribution in [0, 0.1) is 6.92 Å². The first-order chi connectivity index (χ1) is 5.16. The number of aryl methyl sites for hydroxylation is 1. The molecule has 5 nitrogen and oxygen atoms in total. The fraction of sp³-hybridized carbons (Fsp3) is 0.333. The highest BCUT2D eigenvalue weighted by Crippen LogP contribution is 2.14. The Labute approximate surface area is 63.4 Å². The summed E-state index contributed by atoms with van der Waals surface area (Å²) < 4.78 is 0. The molecule has 0 spiro atoms. The van der Waals surface area contributed by atoms with Gasteiger partial charge < -0.3 is 10.4 Å². The number of carboxylic acids is 1. The molecule has 1 aromatic heterocycles. The number of hydrogen-bond acceptors (Lipinski definition) is 3. The molecule has 1 rings (SSSR count). The summed E-state index contributed by atoms with van der Waals surface area (Å²) in [6, 6.07) is 0. The van der Waals surface area contributed by atoms with Crippen LogP contribution in [0.2, 0.25) is 0 Å². The van der Waals surface area contributed by atoms with Crippen molar-refractivity contribution in [2.24, 2.45) is 0 Å². The number of nitrogens with zero attached hydrogens (tertiary/aromatic N) is 1. The molecule has 11 heavy (non-hydrogen) atoms. The molecular weight excluding hydrogens is 146 g/mol. The maximum absolute atomic E-state index is 10.6. The number of carboxylic acid groups (broad SMARTS) is 1. The molecule has 0 amide bonds. The lowest BCUT2D eigenvalue weighted by atomic mass is 10.2. The first kappa shape index (κ1) is 7.59. The largest absolute Gasteiger partial charge is 0.477 e. The fourth-order valence-electron chi connectivity index (χ4n) is 0.872. The molecule has 1 heterocycles. The standard InChI is InChI=1S/C6H9N3O2/c1-3-4(6(10)11)5(7-2)9-8-3/h1-2H3,(H,10,11)(H2,7,8,9).